The molecule has 3 aliphatic heterocycles. The smallest absolute Gasteiger partial charge is 0.475 e. The third kappa shape index (κ3) is 10.6. The van der Waals surface area contributed by atoms with Crippen molar-refractivity contribution in [1.29, 1.82) is 5.26 Å². The standard InChI is InChI=1S/C20H29N7O3.2C2HF3O2/c1-25-8-2-3-15(25)13-30-19-23-17-11-22-7-5-16(17)18(24-19)26-9-10-27(20(28)29)14(12-26)4-6-21;2*3-2(4,5)1(6)7/h14-15,22H,2-5,7-13H2,1H3,(H,28,29);2*(H,6,7)/t14-,15-;;/m0../s1. The highest BCUT2D eigenvalue weighted by Crippen LogP contribution is 2.29. The van der Waals surface area contributed by atoms with E-state index in [2.05, 4.69) is 33.2 Å². The lowest BCUT2D eigenvalue weighted by atomic mass is 10.0. The summed E-state index contributed by atoms with van der Waals surface area (Å²) in [6.45, 7) is 4.50. The summed E-state index contributed by atoms with van der Waals surface area (Å²) >= 11 is 0. The molecule has 2 fully saturated rings. The number of amides is 1. The van der Waals surface area contributed by atoms with Gasteiger partial charge in [0.1, 0.15) is 12.4 Å². The van der Waals surface area contributed by atoms with Crippen LogP contribution in [0.5, 0.6) is 6.01 Å². The zero-order chi connectivity index (χ0) is 33.2. The van der Waals surface area contributed by atoms with E-state index >= 15 is 0 Å². The van der Waals surface area contributed by atoms with E-state index in [9.17, 15) is 36.2 Å². The highest BCUT2D eigenvalue weighted by atomic mass is 19.4. The fourth-order valence-electron chi connectivity index (χ4n) is 4.58. The molecule has 2 saturated heterocycles. The minimum Gasteiger partial charge on any atom is -0.475 e. The lowest BCUT2D eigenvalue weighted by Crippen LogP contribution is -2.55. The van der Waals surface area contributed by atoms with E-state index in [1.807, 2.05) is 0 Å². The van der Waals surface area contributed by atoms with Crippen molar-refractivity contribution in [1.82, 2.24) is 25.1 Å². The van der Waals surface area contributed by atoms with Crippen LogP contribution in [0.15, 0.2) is 0 Å². The minimum absolute atomic E-state index is 0.162. The van der Waals surface area contributed by atoms with Gasteiger partial charge in [-0.2, -0.15) is 41.6 Å². The van der Waals surface area contributed by atoms with Gasteiger partial charge in [-0.3, -0.25) is 0 Å². The number of piperazine rings is 1. The van der Waals surface area contributed by atoms with Crippen molar-refractivity contribution in [2.24, 2.45) is 0 Å². The number of alkyl halides is 6. The number of nitrogens with zero attached hydrogens (tertiary/aromatic N) is 6. The van der Waals surface area contributed by atoms with E-state index < -0.39 is 30.4 Å². The van der Waals surface area contributed by atoms with Crippen molar-refractivity contribution in [2.75, 3.05) is 51.3 Å². The molecule has 44 heavy (non-hydrogen) atoms. The first-order chi connectivity index (χ1) is 20.4. The van der Waals surface area contributed by atoms with Crippen LogP contribution in [-0.2, 0) is 22.6 Å². The number of fused-ring (bicyclic) bond motifs is 1. The number of carbonyl (C=O) groups is 3. The normalized spacial score (nSPS) is 20.2. The van der Waals surface area contributed by atoms with Crippen LogP contribution in [0.25, 0.3) is 0 Å². The maximum atomic E-state index is 11.5. The molecule has 2 atom stereocenters. The molecule has 0 radical (unpaired) electrons. The molecular formula is C24H31F6N7O7. The first-order valence-corrected chi connectivity index (χ1v) is 13.1. The summed E-state index contributed by atoms with van der Waals surface area (Å²) in [5.41, 5.74) is 2.04. The van der Waals surface area contributed by atoms with Crippen molar-refractivity contribution in [3.8, 4) is 12.1 Å². The van der Waals surface area contributed by atoms with Gasteiger partial charge in [0.25, 0.3) is 0 Å². The first kappa shape index (κ1) is 36.1. The van der Waals surface area contributed by atoms with E-state index in [0.717, 1.165) is 43.0 Å². The Hall–Kier alpha value is -4.12. The van der Waals surface area contributed by atoms with Gasteiger partial charge in [-0.1, -0.05) is 0 Å². The number of likely N-dealkylation sites (tertiary alicyclic amines) is 1. The number of aromatic nitrogens is 2. The Morgan fingerprint density at radius 3 is 2.14 bits per heavy atom. The second-order valence-electron chi connectivity index (χ2n) is 9.81. The molecule has 4 rings (SSSR count). The molecule has 4 heterocycles. The summed E-state index contributed by atoms with van der Waals surface area (Å²) in [5.74, 6) is -4.69. The number of hydrogen-bond acceptors (Lipinski definition) is 10. The van der Waals surface area contributed by atoms with Crippen LogP contribution in [0.3, 0.4) is 0 Å². The number of halogens is 6. The van der Waals surface area contributed by atoms with Crippen LogP contribution in [0, 0.1) is 11.3 Å². The van der Waals surface area contributed by atoms with Gasteiger partial charge in [0.2, 0.25) is 0 Å². The Morgan fingerprint density at radius 1 is 1.02 bits per heavy atom. The maximum Gasteiger partial charge on any atom is 0.490 e. The molecule has 0 bridgehead atoms. The lowest BCUT2D eigenvalue weighted by molar-refractivity contribution is -0.193. The van der Waals surface area contributed by atoms with Gasteiger partial charge in [-0.25, -0.2) is 14.4 Å². The number of carboxylic acids is 2. The highest BCUT2D eigenvalue weighted by molar-refractivity contribution is 5.73. The predicted octanol–water partition coefficient (Wildman–Crippen LogP) is 1.94. The third-order valence-corrected chi connectivity index (χ3v) is 6.81. The van der Waals surface area contributed by atoms with Gasteiger partial charge in [-0.05, 0) is 39.4 Å². The fourth-order valence-corrected chi connectivity index (χ4v) is 4.58. The SMILES string of the molecule is CN1CCC[C@H]1COc1nc2c(c(N3CCN(C(=O)O)[C@@H](CC#N)C3)n1)CCNC2.O=C(O)C(F)(F)F.O=C(O)C(F)(F)F. The van der Waals surface area contributed by atoms with Gasteiger partial charge in [0.15, 0.2) is 0 Å². The van der Waals surface area contributed by atoms with E-state index in [4.69, 9.17) is 34.8 Å². The van der Waals surface area contributed by atoms with Crippen LogP contribution in [0.1, 0.15) is 30.5 Å². The highest BCUT2D eigenvalue weighted by Gasteiger charge is 2.39. The molecule has 0 aromatic carbocycles. The zero-order valence-corrected chi connectivity index (χ0v) is 23.4. The van der Waals surface area contributed by atoms with Crippen molar-refractivity contribution >= 4 is 23.8 Å². The molecule has 4 N–H and O–H groups in total. The number of likely N-dealkylation sites (N-methyl/N-ethyl adjacent to an activating group) is 1. The largest absolute Gasteiger partial charge is 0.490 e. The molecule has 1 amide bonds. The summed E-state index contributed by atoms with van der Waals surface area (Å²) < 4.78 is 69.5. The van der Waals surface area contributed by atoms with Crippen molar-refractivity contribution in [2.45, 2.75) is 56.7 Å². The van der Waals surface area contributed by atoms with Crippen LogP contribution in [0.2, 0.25) is 0 Å². The zero-order valence-electron chi connectivity index (χ0n) is 23.4. The van der Waals surface area contributed by atoms with Crippen LogP contribution < -0.4 is 15.0 Å². The molecule has 0 spiro atoms. The molecule has 20 heteroatoms. The Bertz CT molecular complexity index is 1190. The monoisotopic (exact) mass is 643 g/mol. The van der Waals surface area contributed by atoms with Crippen molar-refractivity contribution < 1.29 is 60.8 Å². The molecule has 0 unspecified atom stereocenters. The molecule has 3 aliphatic rings. The van der Waals surface area contributed by atoms with Crippen LogP contribution in [-0.4, -0.2) is 124 Å². The van der Waals surface area contributed by atoms with E-state index in [1.54, 1.807) is 0 Å². The average Bonchev–Trinajstić information content (AvgIpc) is 3.35. The summed E-state index contributed by atoms with van der Waals surface area (Å²) in [6, 6.07) is 2.51. The van der Waals surface area contributed by atoms with Gasteiger partial charge < -0.3 is 40.1 Å². The Morgan fingerprint density at radius 2 is 1.64 bits per heavy atom. The fraction of sp³-hybridized carbons (Fsp3) is 0.667. The second-order valence-corrected chi connectivity index (χ2v) is 9.81. The van der Waals surface area contributed by atoms with Crippen LogP contribution >= 0.6 is 0 Å². The molecular weight excluding hydrogens is 612 g/mol. The Labute approximate surface area is 246 Å². The number of carboxylic acid groups (broad SMARTS) is 3. The van der Waals surface area contributed by atoms with E-state index in [-0.39, 0.29) is 12.5 Å². The number of ether oxygens (including phenoxy) is 1. The van der Waals surface area contributed by atoms with Gasteiger partial charge in [0, 0.05) is 37.8 Å². The maximum absolute atomic E-state index is 11.5. The topological polar surface area (TPSA) is 192 Å². The summed E-state index contributed by atoms with van der Waals surface area (Å²) in [6.07, 6.45) is -7.87. The van der Waals surface area contributed by atoms with Gasteiger partial charge in [0.05, 0.1) is 24.2 Å². The summed E-state index contributed by atoms with van der Waals surface area (Å²) in [4.78, 5) is 44.5. The second kappa shape index (κ2) is 15.6. The number of nitrogens with one attached hydrogen (secondary N) is 1. The number of rotatable bonds is 5. The summed E-state index contributed by atoms with van der Waals surface area (Å²) in [5, 5.41) is 36.2. The molecule has 0 aliphatic carbocycles. The predicted molar refractivity (Wildman–Crippen MR) is 137 cm³/mol. The van der Waals surface area contributed by atoms with E-state index in [1.165, 1.54) is 11.3 Å². The number of nitriles is 1. The quantitative estimate of drug-likeness (QED) is 0.341. The first-order valence-electron chi connectivity index (χ1n) is 13.1. The Kier molecular flexibility index (Phi) is 12.8. The van der Waals surface area contributed by atoms with Crippen molar-refractivity contribution in [3.05, 3.63) is 11.3 Å². The van der Waals surface area contributed by atoms with Gasteiger partial charge in [-0.15, -0.1) is 0 Å². The Balaban J connectivity index is 0.000000402. The van der Waals surface area contributed by atoms with Crippen LogP contribution in [0.4, 0.5) is 37.0 Å². The van der Waals surface area contributed by atoms with Crippen molar-refractivity contribution in [3.63, 3.8) is 0 Å². The summed E-state index contributed by atoms with van der Waals surface area (Å²) in [7, 11) is 2.11. The minimum atomic E-state index is -5.08. The molecule has 14 nitrogen and oxygen atoms in total. The third-order valence-electron chi connectivity index (χ3n) is 6.81. The number of aliphatic carboxylic acids is 2. The molecule has 246 valence electrons. The van der Waals surface area contributed by atoms with E-state index in [0.29, 0.717) is 44.8 Å². The molecule has 0 saturated carbocycles. The average molecular weight is 644 g/mol. The van der Waals surface area contributed by atoms with Gasteiger partial charge >= 0.3 is 36.4 Å². The molecule has 1 aromatic rings. The number of anilines is 1. The lowest BCUT2D eigenvalue weighted by Gasteiger charge is -2.40. The molecule has 1 aromatic heterocycles. The number of hydrogen-bond donors (Lipinski definition) is 4.